The van der Waals surface area contributed by atoms with Crippen LogP contribution in [0, 0.1) is 0 Å². The SMILES string of the molecule is COc1cc(CCC(=O)CC(CCc2ccc(Oc3ccccc3)cc2)OC(=O)c2ccccc2)ccc1OC(=O)c1ccccc1. The molecular weight excluding hydrogens is 592 g/mol. The third kappa shape index (κ3) is 9.90. The third-order valence-electron chi connectivity index (χ3n) is 7.53. The van der Waals surface area contributed by atoms with Gasteiger partial charge in [0.2, 0.25) is 0 Å². The predicted molar refractivity (Wildman–Crippen MR) is 179 cm³/mol. The van der Waals surface area contributed by atoms with Crippen LogP contribution in [-0.2, 0) is 22.4 Å². The monoisotopic (exact) mass is 628 g/mol. The van der Waals surface area contributed by atoms with Gasteiger partial charge in [-0.2, -0.15) is 0 Å². The highest BCUT2D eigenvalue weighted by Gasteiger charge is 2.20. The Morgan fingerprint density at radius 1 is 0.596 bits per heavy atom. The summed E-state index contributed by atoms with van der Waals surface area (Å²) >= 11 is 0. The molecule has 0 N–H and O–H groups in total. The van der Waals surface area contributed by atoms with Gasteiger partial charge in [-0.25, -0.2) is 9.59 Å². The van der Waals surface area contributed by atoms with E-state index in [1.54, 1.807) is 60.7 Å². The van der Waals surface area contributed by atoms with E-state index in [4.69, 9.17) is 18.9 Å². The number of hydrogen-bond acceptors (Lipinski definition) is 7. The van der Waals surface area contributed by atoms with Crippen LogP contribution in [0.4, 0.5) is 0 Å². The van der Waals surface area contributed by atoms with Gasteiger partial charge in [-0.15, -0.1) is 0 Å². The number of para-hydroxylation sites is 1. The number of methoxy groups -OCH3 is 1. The Morgan fingerprint density at radius 2 is 1.17 bits per heavy atom. The summed E-state index contributed by atoms with van der Waals surface area (Å²) < 4.78 is 22.7. The summed E-state index contributed by atoms with van der Waals surface area (Å²) in [5.74, 6) is 1.20. The van der Waals surface area contributed by atoms with Crippen molar-refractivity contribution in [3.8, 4) is 23.0 Å². The van der Waals surface area contributed by atoms with Gasteiger partial charge in [0.25, 0.3) is 0 Å². The van der Waals surface area contributed by atoms with Crippen LogP contribution in [0.5, 0.6) is 23.0 Å². The molecule has 1 atom stereocenters. The van der Waals surface area contributed by atoms with Crippen LogP contribution in [0.1, 0.15) is 51.1 Å². The average Bonchev–Trinajstić information content (AvgIpc) is 3.12. The summed E-state index contributed by atoms with van der Waals surface area (Å²) in [6.07, 6.45) is 1.30. The zero-order valence-electron chi connectivity index (χ0n) is 26.2. The van der Waals surface area contributed by atoms with Crippen molar-refractivity contribution >= 4 is 17.7 Å². The van der Waals surface area contributed by atoms with E-state index >= 15 is 0 Å². The second-order valence-electron chi connectivity index (χ2n) is 11.0. The zero-order chi connectivity index (χ0) is 32.8. The van der Waals surface area contributed by atoms with E-state index in [1.807, 2.05) is 72.8 Å². The molecule has 7 nitrogen and oxygen atoms in total. The number of ether oxygens (including phenoxy) is 4. The third-order valence-corrected chi connectivity index (χ3v) is 7.53. The molecule has 0 fully saturated rings. The lowest BCUT2D eigenvalue weighted by Crippen LogP contribution is -2.23. The Morgan fingerprint density at radius 3 is 1.81 bits per heavy atom. The lowest BCUT2D eigenvalue weighted by Gasteiger charge is -2.18. The van der Waals surface area contributed by atoms with Gasteiger partial charge < -0.3 is 18.9 Å². The summed E-state index contributed by atoms with van der Waals surface area (Å²) in [4.78, 5) is 38.6. The first-order valence-corrected chi connectivity index (χ1v) is 15.5. The van der Waals surface area contributed by atoms with Gasteiger partial charge in [0.05, 0.1) is 18.2 Å². The van der Waals surface area contributed by atoms with Crippen LogP contribution in [0.25, 0.3) is 0 Å². The fraction of sp³-hybridized carbons (Fsp3) is 0.175. The molecule has 0 radical (unpaired) electrons. The molecule has 238 valence electrons. The Bertz CT molecular complexity index is 1750. The van der Waals surface area contributed by atoms with Crippen LogP contribution in [-0.4, -0.2) is 30.9 Å². The summed E-state index contributed by atoms with van der Waals surface area (Å²) in [5, 5.41) is 0. The lowest BCUT2D eigenvalue weighted by atomic mass is 9.99. The molecule has 0 bridgehead atoms. The number of Topliss-reactive ketones (excluding diaryl/α,β-unsaturated/α-hetero) is 1. The van der Waals surface area contributed by atoms with Gasteiger partial charge in [0.1, 0.15) is 23.4 Å². The van der Waals surface area contributed by atoms with Crippen molar-refractivity contribution in [3.05, 3.63) is 156 Å². The number of esters is 2. The standard InChI is InChI=1S/C40H36O7/c1-44-38-27-30(21-26-37(38)47-40(43)32-13-7-3-8-14-32)17-22-33(41)28-36(46-39(42)31-11-5-2-6-12-31)25-20-29-18-23-35(24-19-29)45-34-15-9-4-10-16-34/h2-16,18-19,21,23-24,26-27,36H,17,20,22,25,28H2,1H3. The number of carbonyl (C=O) groups is 3. The second kappa shape index (κ2) is 16.6. The van der Waals surface area contributed by atoms with Crippen molar-refractivity contribution in [2.75, 3.05) is 7.11 Å². The van der Waals surface area contributed by atoms with Gasteiger partial charge in [-0.05, 0) is 91.1 Å². The molecule has 47 heavy (non-hydrogen) atoms. The van der Waals surface area contributed by atoms with Crippen molar-refractivity contribution in [3.63, 3.8) is 0 Å². The number of ketones is 1. The van der Waals surface area contributed by atoms with Gasteiger partial charge in [-0.3, -0.25) is 4.79 Å². The van der Waals surface area contributed by atoms with E-state index < -0.39 is 18.0 Å². The molecule has 0 aliphatic heterocycles. The van der Waals surface area contributed by atoms with Gasteiger partial charge in [0, 0.05) is 12.8 Å². The van der Waals surface area contributed by atoms with Crippen molar-refractivity contribution in [1.29, 1.82) is 0 Å². The number of carbonyl (C=O) groups excluding carboxylic acids is 3. The summed E-state index contributed by atoms with van der Waals surface area (Å²) in [7, 11) is 1.50. The van der Waals surface area contributed by atoms with E-state index in [0.717, 1.165) is 22.6 Å². The first kappa shape index (κ1) is 32.7. The van der Waals surface area contributed by atoms with Crippen LogP contribution in [0.15, 0.2) is 133 Å². The summed E-state index contributed by atoms with van der Waals surface area (Å²) in [5.41, 5.74) is 2.76. The molecule has 5 aromatic rings. The minimum absolute atomic E-state index is 0.0268. The fourth-order valence-electron chi connectivity index (χ4n) is 5.00. The van der Waals surface area contributed by atoms with Crippen molar-refractivity contribution < 1.29 is 33.3 Å². The molecule has 0 heterocycles. The van der Waals surface area contributed by atoms with Gasteiger partial charge >= 0.3 is 11.9 Å². The topological polar surface area (TPSA) is 88.1 Å². The minimum atomic E-state index is -0.593. The van der Waals surface area contributed by atoms with E-state index in [9.17, 15) is 14.4 Å². The minimum Gasteiger partial charge on any atom is -0.493 e. The van der Waals surface area contributed by atoms with Gasteiger partial charge in [-0.1, -0.05) is 72.8 Å². The molecule has 0 amide bonds. The average molecular weight is 629 g/mol. The van der Waals surface area contributed by atoms with Crippen LogP contribution in [0.3, 0.4) is 0 Å². The Labute approximate surface area is 274 Å². The van der Waals surface area contributed by atoms with Crippen LogP contribution in [0.2, 0.25) is 0 Å². The maximum absolute atomic E-state index is 13.2. The molecule has 5 rings (SSSR count). The fourth-order valence-corrected chi connectivity index (χ4v) is 5.00. The number of aryl methyl sites for hydroxylation is 2. The molecule has 0 aromatic heterocycles. The van der Waals surface area contributed by atoms with E-state index in [-0.39, 0.29) is 18.6 Å². The summed E-state index contributed by atoms with van der Waals surface area (Å²) in [6, 6.07) is 40.0. The Hall–Kier alpha value is -5.69. The number of benzene rings is 5. The van der Waals surface area contributed by atoms with E-state index in [1.165, 1.54) is 7.11 Å². The molecule has 0 saturated carbocycles. The molecule has 5 aromatic carbocycles. The van der Waals surface area contributed by atoms with Crippen LogP contribution >= 0.6 is 0 Å². The lowest BCUT2D eigenvalue weighted by molar-refractivity contribution is -0.121. The maximum Gasteiger partial charge on any atom is 0.343 e. The van der Waals surface area contributed by atoms with E-state index in [0.29, 0.717) is 41.9 Å². The van der Waals surface area contributed by atoms with Crippen LogP contribution < -0.4 is 14.2 Å². The normalized spacial score (nSPS) is 11.3. The second-order valence-corrected chi connectivity index (χ2v) is 11.0. The molecule has 1 unspecified atom stereocenters. The molecule has 0 aliphatic rings. The van der Waals surface area contributed by atoms with E-state index in [2.05, 4.69) is 0 Å². The molecule has 0 aliphatic carbocycles. The smallest absolute Gasteiger partial charge is 0.343 e. The maximum atomic E-state index is 13.2. The Balaban J connectivity index is 1.19. The molecular formula is C40H36O7. The highest BCUT2D eigenvalue weighted by Crippen LogP contribution is 2.30. The van der Waals surface area contributed by atoms with Crippen molar-refractivity contribution in [2.24, 2.45) is 0 Å². The Kier molecular flexibility index (Phi) is 11.5. The number of rotatable bonds is 15. The first-order chi connectivity index (χ1) is 23.0. The zero-order valence-corrected chi connectivity index (χ0v) is 26.2. The van der Waals surface area contributed by atoms with Crippen molar-refractivity contribution in [2.45, 2.75) is 38.2 Å². The largest absolute Gasteiger partial charge is 0.493 e. The number of hydrogen-bond donors (Lipinski definition) is 0. The molecule has 0 saturated heterocycles. The van der Waals surface area contributed by atoms with Gasteiger partial charge in [0.15, 0.2) is 11.5 Å². The predicted octanol–water partition coefficient (Wildman–Crippen LogP) is 8.46. The highest BCUT2D eigenvalue weighted by atomic mass is 16.6. The molecule has 0 spiro atoms. The van der Waals surface area contributed by atoms with Crippen molar-refractivity contribution in [1.82, 2.24) is 0 Å². The highest BCUT2D eigenvalue weighted by molar-refractivity contribution is 5.91. The summed E-state index contributed by atoms with van der Waals surface area (Å²) in [6.45, 7) is 0. The quantitative estimate of drug-likeness (QED) is 0.0849. The molecule has 7 heteroatoms. The first-order valence-electron chi connectivity index (χ1n) is 15.5.